The zero-order valence-electron chi connectivity index (χ0n) is 16.1. The molecule has 2 heterocycles. The van der Waals surface area contributed by atoms with Gasteiger partial charge in [0.25, 0.3) is 0 Å². The highest BCUT2D eigenvalue weighted by atomic mass is 127. The predicted molar refractivity (Wildman–Crippen MR) is 128 cm³/mol. The molecule has 2 aromatic rings. The Morgan fingerprint density at radius 3 is 2.61 bits per heavy atom. The fraction of sp³-hybridized carbons (Fsp3) is 0.400. The van der Waals surface area contributed by atoms with Crippen molar-refractivity contribution in [1.82, 2.24) is 13.2 Å². The number of hydrogen-bond donors (Lipinski definition) is 1. The first-order valence-corrected chi connectivity index (χ1v) is 12.8. The minimum atomic E-state index is -0.251. The Balaban J connectivity index is 2.07. The molecule has 1 fully saturated rings. The lowest BCUT2D eigenvalue weighted by Crippen LogP contribution is -2.25. The normalized spacial score (nSPS) is 16.4. The maximum absolute atomic E-state index is 13.0. The first-order chi connectivity index (χ1) is 13.3. The Morgan fingerprint density at radius 2 is 2.04 bits per heavy atom. The zero-order valence-corrected chi connectivity index (χ0v) is 20.0. The van der Waals surface area contributed by atoms with E-state index in [4.69, 9.17) is 0 Å². The van der Waals surface area contributed by atoms with E-state index in [0.717, 1.165) is 36.8 Å². The molecule has 148 valence electrons. The van der Waals surface area contributed by atoms with Crippen LogP contribution in [0.25, 0.3) is 10.9 Å². The third-order valence-electron chi connectivity index (χ3n) is 5.11. The highest BCUT2D eigenvalue weighted by Crippen LogP contribution is 2.36. The van der Waals surface area contributed by atoms with Crippen LogP contribution < -0.4 is 0 Å². The van der Waals surface area contributed by atoms with Crippen molar-refractivity contribution in [2.45, 2.75) is 25.7 Å². The number of allylic oxidation sites excluding steroid dienone is 1. The van der Waals surface area contributed by atoms with Crippen LogP contribution in [0, 0.1) is 18.3 Å². The van der Waals surface area contributed by atoms with Crippen LogP contribution in [0.15, 0.2) is 30.0 Å². The molecule has 0 unspecified atom stereocenters. The zero-order chi connectivity index (χ0) is 20.4. The minimum Gasteiger partial charge on any atom is -0.382 e. The van der Waals surface area contributed by atoms with E-state index in [2.05, 4.69) is 57.4 Å². The van der Waals surface area contributed by atoms with Gasteiger partial charge in [0.05, 0.1) is 5.52 Å². The molecule has 0 amide bonds. The molecule has 0 aliphatic carbocycles. The molecule has 0 radical (unpaired) electrons. The average molecular weight is 526 g/mol. The van der Waals surface area contributed by atoms with E-state index in [-0.39, 0.29) is 11.4 Å². The number of fused-ring (bicyclic) bond motifs is 1. The van der Waals surface area contributed by atoms with Crippen molar-refractivity contribution in [3.8, 4) is 6.07 Å². The molecule has 1 aliphatic heterocycles. The summed E-state index contributed by atoms with van der Waals surface area (Å²) in [5.74, 6) is 0.261. The van der Waals surface area contributed by atoms with E-state index in [1.165, 1.54) is 20.2 Å². The number of piperidine rings is 1. The maximum Gasteiger partial charge on any atom is 0.222 e. The Morgan fingerprint density at radius 1 is 1.36 bits per heavy atom. The average Bonchev–Trinajstić information content (AvgIpc) is 3.02. The summed E-state index contributed by atoms with van der Waals surface area (Å²) in [4.78, 5) is 14.7. The van der Waals surface area contributed by atoms with E-state index in [1.54, 1.807) is 25.2 Å². The van der Waals surface area contributed by atoms with Crippen molar-refractivity contribution >= 4 is 59.8 Å². The fourth-order valence-electron chi connectivity index (χ4n) is 3.75. The fourth-order valence-corrected chi connectivity index (χ4v) is 5.69. The lowest BCUT2D eigenvalue weighted by atomic mass is 9.87. The molecule has 1 aromatic carbocycles. The van der Waals surface area contributed by atoms with Gasteiger partial charge in [-0.1, -0.05) is 12.8 Å². The number of carbonyl (C=O) groups is 1. The Kier molecular flexibility index (Phi) is 7.02. The number of hydrogen-bond acceptors (Lipinski definition) is 6. The van der Waals surface area contributed by atoms with Gasteiger partial charge >= 0.3 is 0 Å². The van der Waals surface area contributed by atoms with Crippen LogP contribution in [0.5, 0.6) is 0 Å². The first kappa shape index (κ1) is 21.6. The number of rotatable bonds is 5. The molecule has 28 heavy (non-hydrogen) atoms. The van der Waals surface area contributed by atoms with Gasteiger partial charge in [0.1, 0.15) is 17.3 Å². The van der Waals surface area contributed by atoms with Crippen molar-refractivity contribution in [1.29, 1.82) is 5.26 Å². The maximum atomic E-state index is 13.0. The Hall–Kier alpha value is -1.15. The number of aromatic nitrogens is 1. The van der Waals surface area contributed by atoms with Crippen LogP contribution in [0.3, 0.4) is 0 Å². The van der Waals surface area contributed by atoms with E-state index in [0.29, 0.717) is 11.6 Å². The molecule has 0 saturated carbocycles. The summed E-state index contributed by atoms with van der Waals surface area (Å²) < 4.78 is 4.01. The van der Waals surface area contributed by atoms with Crippen LogP contribution >= 0.6 is 43.1 Å². The second kappa shape index (κ2) is 9.11. The SMILES string of the molecule is Cc1cc2cc(C(=O)/C(C#N)=C/N(C)C)n(SI)c2cc1C1CCN(S)CC1. The van der Waals surface area contributed by atoms with Crippen LogP contribution in [-0.2, 0) is 0 Å². The second-order valence-corrected chi connectivity index (χ2v) is 9.59. The molecule has 1 saturated heterocycles. The lowest BCUT2D eigenvalue weighted by molar-refractivity contribution is 0.103. The molecule has 1 aromatic heterocycles. The molecule has 0 spiro atoms. The second-order valence-electron chi connectivity index (χ2n) is 7.34. The number of halogens is 1. The molecule has 0 bridgehead atoms. The summed E-state index contributed by atoms with van der Waals surface area (Å²) in [6.07, 6.45) is 3.75. The van der Waals surface area contributed by atoms with Crippen LogP contribution in [0.2, 0.25) is 0 Å². The molecule has 0 N–H and O–H groups in total. The van der Waals surface area contributed by atoms with Gasteiger partial charge in [-0.25, -0.2) is 0 Å². The number of aryl methyl sites for hydroxylation is 1. The van der Waals surface area contributed by atoms with Gasteiger partial charge in [-0.3, -0.25) is 13.1 Å². The number of ketones is 1. The topological polar surface area (TPSA) is 52.3 Å². The first-order valence-electron chi connectivity index (χ1n) is 9.07. The van der Waals surface area contributed by atoms with Crippen molar-refractivity contribution in [3.63, 3.8) is 0 Å². The van der Waals surface area contributed by atoms with Gasteiger partial charge in [-0.2, -0.15) is 5.26 Å². The molecular weight excluding hydrogens is 503 g/mol. The molecular formula is C20H23IN4OS2. The minimum absolute atomic E-state index is 0.137. The molecule has 8 heteroatoms. The summed E-state index contributed by atoms with van der Waals surface area (Å²) in [5, 5.41) is 10.5. The van der Waals surface area contributed by atoms with E-state index < -0.39 is 0 Å². The number of thiol groups is 1. The number of carbonyl (C=O) groups excluding carboxylic acids is 1. The third-order valence-corrected chi connectivity index (χ3v) is 7.22. The van der Waals surface area contributed by atoms with Gasteiger partial charge in [0.15, 0.2) is 0 Å². The number of Topliss-reactive ketones (excluding diaryl/α,β-unsaturated/α-hetero) is 1. The number of nitrogens with zero attached hydrogens (tertiary/aromatic N) is 4. The summed E-state index contributed by atoms with van der Waals surface area (Å²) in [7, 11) is 5.07. The smallest absolute Gasteiger partial charge is 0.222 e. The van der Waals surface area contributed by atoms with Crippen molar-refractivity contribution in [2.24, 2.45) is 0 Å². The Labute approximate surface area is 188 Å². The van der Waals surface area contributed by atoms with Crippen LogP contribution in [-0.4, -0.2) is 46.1 Å². The van der Waals surface area contributed by atoms with Gasteiger partial charge in [0, 0.05) is 69.1 Å². The summed E-state index contributed by atoms with van der Waals surface area (Å²) in [5.41, 5.74) is 4.30. The third kappa shape index (κ3) is 4.37. The Bertz CT molecular complexity index is 969. The molecule has 1 aliphatic rings. The standard InChI is InChI=1S/C20H23IN4OS2/c1-13-8-15-9-19(20(26)16(11-22)12-23(2)3)25(28-21)18(15)10-17(13)14-4-6-24(27)7-5-14/h8-10,12,14,27H,4-7H2,1-3H3/b16-12+. The largest absolute Gasteiger partial charge is 0.382 e. The number of benzene rings is 1. The summed E-state index contributed by atoms with van der Waals surface area (Å²) >= 11 is 6.65. The van der Waals surface area contributed by atoms with E-state index in [9.17, 15) is 10.1 Å². The van der Waals surface area contributed by atoms with Crippen molar-refractivity contribution in [3.05, 3.63) is 46.8 Å². The van der Waals surface area contributed by atoms with Gasteiger partial charge in [-0.05, 0) is 55.0 Å². The highest BCUT2D eigenvalue weighted by Gasteiger charge is 2.24. The van der Waals surface area contributed by atoms with Crippen molar-refractivity contribution < 1.29 is 4.79 Å². The monoisotopic (exact) mass is 526 g/mol. The van der Waals surface area contributed by atoms with E-state index in [1.807, 2.05) is 16.1 Å². The molecule has 5 nitrogen and oxygen atoms in total. The summed E-state index contributed by atoms with van der Waals surface area (Å²) in [6, 6.07) is 8.34. The van der Waals surface area contributed by atoms with Crippen molar-refractivity contribution in [2.75, 3.05) is 27.2 Å². The van der Waals surface area contributed by atoms with Crippen LogP contribution in [0.4, 0.5) is 0 Å². The van der Waals surface area contributed by atoms with Crippen LogP contribution in [0.1, 0.15) is 40.4 Å². The number of nitriles is 1. The molecule has 0 atom stereocenters. The van der Waals surface area contributed by atoms with Gasteiger partial charge in [0.2, 0.25) is 5.78 Å². The van der Waals surface area contributed by atoms with E-state index >= 15 is 0 Å². The van der Waals surface area contributed by atoms with Gasteiger partial charge < -0.3 is 4.90 Å². The lowest BCUT2D eigenvalue weighted by Gasteiger charge is -2.29. The molecule has 3 rings (SSSR count). The highest BCUT2D eigenvalue weighted by molar-refractivity contribution is 14.2. The predicted octanol–water partition coefficient (Wildman–Crippen LogP) is 4.97. The quantitative estimate of drug-likeness (QED) is 0.196. The van der Waals surface area contributed by atoms with Gasteiger partial charge in [-0.15, -0.1) is 0 Å². The summed E-state index contributed by atoms with van der Waals surface area (Å²) in [6.45, 7) is 4.11.